The summed E-state index contributed by atoms with van der Waals surface area (Å²) in [7, 11) is 2.17. The second-order valence-corrected chi connectivity index (χ2v) is 5.11. The summed E-state index contributed by atoms with van der Waals surface area (Å²) in [5.74, 6) is 0.876. The number of likely N-dealkylation sites (N-methyl/N-ethyl adjacent to an activating group) is 1. The zero-order chi connectivity index (χ0) is 12.1. The SMILES string of the molecule is CN1CCN(CCNc2cc(Br)ncn2)CC1. The molecule has 0 bridgehead atoms. The van der Waals surface area contributed by atoms with E-state index >= 15 is 0 Å². The zero-order valence-corrected chi connectivity index (χ0v) is 11.7. The summed E-state index contributed by atoms with van der Waals surface area (Å²) in [6.07, 6.45) is 1.56. The van der Waals surface area contributed by atoms with Crippen LogP contribution in [0.2, 0.25) is 0 Å². The van der Waals surface area contributed by atoms with Crippen LogP contribution < -0.4 is 5.32 Å². The molecule has 0 unspecified atom stereocenters. The van der Waals surface area contributed by atoms with E-state index in [0.29, 0.717) is 0 Å². The average Bonchev–Trinajstić information content (AvgIpc) is 2.32. The topological polar surface area (TPSA) is 44.3 Å². The van der Waals surface area contributed by atoms with E-state index in [1.54, 1.807) is 6.33 Å². The summed E-state index contributed by atoms with van der Waals surface area (Å²) < 4.78 is 0.814. The van der Waals surface area contributed by atoms with E-state index in [2.05, 4.69) is 48.1 Å². The number of halogens is 1. The molecule has 1 aliphatic heterocycles. The lowest BCUT2D eigenvalue weighted by Crippen LogP contribution is -2.45. The zero-order valence-electron chi connectivity index (χ0n) is 10.1. The molecule has 1 aromatic rings. The third kappa shape index (κ3) is 4.22. The van der Waals surface area contributed by atoms with Crippen LogP contribution >= 0.6 is 15.9 Å². The van der Waals surface area contributed by atoms with Crippen LogP contribution in [0.3, 0.4) is 0 Å². The van der Waals surface area contributed by atoms with Crippen molar-refractivity contribution in [2.75, 3.05) is 51.6 Å². The van der Waals surface area contributed by atoms with Gasteiger partial charge in [0, 0.05) is 45.3 Å². The van der Waals surface area contributed by atoms with Crippen molar-refractivity contribution >= 4 is 21.7 Å². The summed E-state index contributed by atoms with van der Waals surface area (Å²) in [5.41, 5.74) is 0. The Labute approximate surface area is 110 Å². The molecule has 0 amide bonds. The molecule has 1 saturated heterocycles. The Bertz CT molecular complexity index is 351. The van der Waals surface area contributed by atoms with Crippen LogP contribution in [-0.4, -0.2) is 66.1 Å². The van der Waals surface area contributed by atoms with Crippen LogP contribution in [0.15, 0.2) is 17.0 Å². The Balaban J connectivity index is 1.69. The molecule has 94 valence electrons. The van der Waals surface area contributed by atoms with Crippen molar-refractivity contribution in [1.29, 1.82) is 0 Å². The highest BCUT2D eigenvalue weighted by molar-refractivity contribution is 9.10. The lowest BCUT2D eigenvalue weighted by Gasteiger charge is -2.32. The minimum atomic E-state index is 0.814. The van der Waals surface area contributed by atoms with Gasteiger partial charge in [0.2, 0.25) is 0 Å². The number of anilines is 1. The fourth-order valence-electron chi connectivity index (χ4n) is 1.84. The number of hydrogen-bond donors (Lipinski definition) is 1. The molecule has 0 atom stereocenters. The highest BCUT2D eigenvalue weighted by Gasteiger charge is 2.12. The van der Waals surface area contributed by atoms with Crippen LogP contribution in [0.5, 0.6) is 0 Å². The third-order valence-corrected chi connectivity index (χ3v) is 3.40. The molecule has 5 nitrogen and oxygen atoms in total. The number of nitrogens with one attached hydrogen (secondary N) is 1. The molecule has 6 heteroatoms. The Hall–Kier alpha value is -0.720. The molecule has 1 N–H and O–H groups in total. The van der Waals surface area contributed by atoms with Crippen molar-refractivity contribution in [3.8, 4) is 0 Å². The highest BCUT2D eigenvalue weighted by atomic mass is 79.9. The molecular weight excluding hydrogens is 282 g/mol. The van der Waals surface area contributed by atoms with Gasteiger partial charge >= 0.3 is 0 Å². The van der Waals surface area contributed by atoms with Crippen LogP contribution in [0.4, 0.5) is 5.82 Å². The lowest BCUT2D eigenvalue weighted by atomic mass is 10.3. The highest BCUT2D eigenvalue weighted by Crippen LogP contribution is 2.09. The first-order valence-corrected chi connectivity index (χ1v) is 6.65. The lowest BCUT2D eigenvalue weighted by molar-refractivity contribution is 0.158. The third-order valence-electron chi connectivity index (χ3n) is 2.96. The second-order valence-electron chi connectivity index (χ2n) is 4.30. The van der Waals surface area contributed by atoms with Gasteiger partial charge in [0.15, 0.2) is 0 Å². The predicted molar refractivity (Wildman–Crippen MR) is 72.2 cm³/mol. The Morgan fingerprint density at radius 2 is 2.06 bits per heavy atom. The van der Waals surface area contributed by atoms with Crippen molar-refractivity contribution in [1.82, 2.24) is 19.8 Å². The molecule has 17 heavy (non-hydrogen) atoms. The minimum absolute atomic E-state index is 0.814. The largest absolute Gasteiger partial charge is 0.369 e. The predicted octanol–water partition coefficient (Wildman–Crippen LogP) is 0.898. The fraction of sp³-hybridized carbons (Fsp3) is 0.636. The normalized spacial score (nSPS) is 18.2. The van der Waals surface area contributed by atoms with Crippen LogP contribution in [0, 0.1) is 0 Å². The van der Waals surface area contributed by atoms with Crippen LogP contribution in [0.1, 0.15) is 0 Å². The molecule has 0 aliphatic carbocycles. The van der Waals surface area contributed by atoms with E-state index in [0.717, 1.165) is 36.6 Å². The molecule has 0 aromatic carbocycles. The number of rotatable bonds is 4. The fourth-order valence-corrected chi connectivity index (χ4v) is 2.15. The quantitative estimate of drug-likeness (QED) is 0.837. The average molecular weight is 300 g/mol. The van der Waals surface area contributed by atoms with E-state index in [-0.39, 0.29) is 0 Å². The van der Waals surface area contributed by atoms with Crippen molar-refractivity contribution in [2.24, 2.45) is 0 Å². The summed E-state index contributed by atoms with van der Waals surface area (Å²) >= 11 is 3.33. The van der Waals surface area contributed by atoms with Crippen LogP contribution in [0.25, 0.3) is 0 Å². The van der Waals surface area contributed by atoms with Gasteiger partial charge in [-0.1, -0.05) is 0 Å². The Morgan fingerprint density at radius 1 is 1.29 bits per heavy atom. The van der Waals surface area contributed by atoms with Gasteiger partial charge < -0.3 is 10.2 Å². The molecule has 0 saturated carbocycles. The van der Waals surface area contributed by atoms with Gasteiger partial charge in [-0.05, 0) is 23.0 Å². The molecular formula is C11H18BrN5. The smallest absolute Gasteiger partial charge is 0.130 e. The van der Waals surface area contributed by atoms with E-state index < -0.39 is 0 Å². The Morgan fingerprint density at radius 3 is 2.76 bits per heavy atom. The summed E-state index contributed by atoms with van der Waals surface area (Å²) in [5, 5.41) is 3.31. The van der Waals surface area contributed by atoms with Gasteiger partial charge in [-0.3, -0.25) is 4.90 Å². The molecule has 1 aliphatic rings. The minimum Gasteiger partial charge on any atom is -0.369 e. The van der Waals surface area contributed by atoms with Crippen molar-refractivity contribution in [3.05, 3.63) is 17.0 Å². The van der Waals surface area contributed by atoms with Gasteiger partial charge in [-0.25, -0.2) is 9.97 Å². The van der Waals surface area contributed by atoms with E-state index in [9.17, 15) is 0 Å². The van der Waals surface area contributed by atoms with Gasteiger partial charge in [0.05, 0.1) is 0 Å². The van der Waals surface area contributed by atoms with Gasteiger partial charge in [-0.2, -0.15) is 0 Å². The number of piperazine rings is 1. The van der Waals surface area contributed by atoms with E-state index in [4.69, 9.17) is 0 Å². The maximum atomic E-state index is 4.16. The monoisotopic (exact) mass is 299 g/mol. The van der Waals surface area contributed by atoms with Crippen LogP contribution in [-0.2, 0) is 0 Å². The van der Waals surface area contributed by atoms with Crippen molar-refractivity contribution < 1.29 is 0 Å². The Kier molecular flexibility index (Phi) is 4.70. The summed E-state index contributed by atoms with van der Waals surface area (Å²) in [4.78, 5) is 13.0. The summed E-state index contributed by atoms with van der Waals surface area (Å²) in [6, 6.07) is 1.89. The number of nitrogens with zero attached hydrogens (tertiary/aromatic N) is 4. The molecule has 1 fully saturated rings. The standard InChI is InChI=1S/C11H18BrN5/c1-16-4-6-17(7-5-16)3-2-13-11-8-10(12)14-9-15-11/h8-9H,2-7H2,1H3,(H,13,14,15). The number of aromatic nitrogens is 2. The van der Waals surface area contributed by atoms with E-state index in [1.807, 2.05) is 6.07 Å². The van der Waals surface area contributed by atoms with Crippen molar-refractivity contribution in [2.45, 2.75) is 0 Å². The molecule has 2 heterocycles. The molecule has 0 spiro atoms. The van der Waals surface area contributed by atoms with Gasteiger partial charge in [0.1, 0.15) is 16.7 Å². The molecule has 1 aromatic heterocycles. The summed E-state index contributed by atoms with van der Waals surface area (Å²) in [6.45, 7) is 6.64. The number of hydrogen-bond acceptors (Lipinski definition) is 5. The van der Waals surface area contributed by atoms with Gasteiger partial charge in [-0.15, -0.1) is 0 Å². The maximum absolute atomic E-state index is 4.16. The van der Waals surface area contributed by atoms with Crippen molar-refractivity contribution in [3.63, 3.8) is 0 Å². The maximum Gasteiger partial charge on any atom is 0.130 e. The first kappa shape index (κ1) is 12.7. The molecule has 2 rings (SSSR count). The van der Waals surface area contributed by atoms with E-state index in [1.165, 1.54) is 13.1 Å². The second kappa shape index (κ2) is 6.28. The van der Waals surface area contributed by atoms with Gasteiger partial charge in [0.25, 0.3) is 0 Å². The first-order valence-electron chi connectivity index (χ1n) is 5.86. The first-order chi connectivity index (χ1) is 8.24. The molecule has 0 radical (unpaired) electrons.